The number of carbonyl (C=O) groups excluding carboxylic acids is 1. The first kappa shape index (κ1) is 15.9. The minimum Gasteiger partial charge on any atom is -0.351 e. The van der Waals surface area contributed by atoms with Gasteiger partial charge in [0.1, 0.15) is 5.82 Å². The highest BCUT2D eigenvalue weighted by molar-refractivity contribution is 5.91. The summed E-state index contributed by atoms with van der Waals surface area (Å²) in [6.07, 6.45) is 7.23. The molecule has 0 spiro atoms. The lowest BCUT2D eigenvalue weighted by Gasteiger charge is -2.27. The Bertz CT molecular complexity index is 669. The number of rotatable bonds is 1. The van der Waals surface area contributed by atoms with Crippen molar-refractivity contribution in [3.8, 4) is 11.1 Å². The smallest absolute Gasteiger partial charge is 0.320 e. The molecule has 116 valence electrons. The Morgan fingerprint density at radius 3 is 2.77 bits per heavy atom. The van der Waals surface area contributed by atoms with Gasteiger partial charge in [-0.3, -0.25) is 9.88 Å². The summed E-state index contributed by atoms with van der Waals surface area (Å²) in [5.74, 6) is 0.689. The molecule has 5 nitrogen and oxygen atoms in total. The number of aryl methyl sites for hydroxylation is 2. The standard InChI is InChI=1S/C15H16N4O.C2H6/c1-10-4-5-17-9-13(10)12-7-11-3-2-6-19(15(16)20)14(11)18-8-12;1-2/h4-5,7-9H,2-3,6H2,1H3,(H2,16,20);1-2H3. The highest BCUT2D eigenvalue weighted by Gasteiger charge is 2.22. The first-order valence-corrected chi connectivity index (χ1v) is 7.63. The van der Waals surface area contributed by atoms with Crippen molar-refractivity contribution >= 4 is 11.8 Å². The van der Waals surface area contributed by atoms with E-state index in [1.807, 2.05) is 33.0 Å². The van der Waals surface area contributed by atoms with Gasteiger partial charge < -0.3 is 5.73 Å². The number of urea groups is 1. The molecule has 0 fully saturated rings. The molecule has 0 aliphatic carbocycles. The summed E-state index contributed by atoms with van der Waals surface area (Å²) in [4.78, 5) is 21.6. The van der Waals surface area contributed by atoms with Crippen LogP contribution in [-0.2, 0) is 6.42 Å². The minimum atomic E-state index is -0.441. The number of nitrogens with two attached hydrogens (primary N) is 1. The Labute approximate surface area is 131 Å². The number of anilines is 1. The number of hydrogen-bond donors (Lipinski definition) is 1. The van der Waals surface area contributed by atoms with E-state index in [0.29, 0.717) is 12.4 Å². The van der Waals surface area contributed by atoms with E-state index < -0.39 is 6.03 Å². The number of amides is 2. The molecule has 3 rings (SSSR count). The summed E-state index contributed by atoms with van der Waals surface area (Å²) in [5.41, 5.74) is 9.71. The summed E-state index contributed by atoms with van der Waals surface area (Å²) in [7, 11) is 0. The van der Waals surface area contributed by atoms with E-state index in [0.717, 1.165) is 35.1 Å². The van der Waals surface area contributed by atoms with E-state index >= 15 is 0 Å². The molecule has 2 aromatic heterocycles. The van der Waals surface area contributed by atoms with Crippen molar-refractivity contribution in [2.75, 3.05) is 11.4 Å². The van der Waals surface area contributed by atoms with Crippen molar-refractivity contribution in [3.63, 3.8) is 0 Å². The Kier molecular flexibility index (Phi) is 5.09. The molecule has 0 atom stereocenters. The largest absolute Gasteiger partial charge is 0.351 e. The van der Waals surface area contributed by atoms with Crippen molar-refractivity contribution in [2.24, 2.45) is 5.73 Å². The zero-order chi connectivity index (χ0) is 16.1. The van der Waals surface area contributed by atoms with Gasteiger partial charge >= 0.3 is 6.03 Å². The number of aromatic nitrogens is 2. The molecule has 0 saturated heterocycles. The predicted molar refractivity (Wildman–Crippen MR) is 88.8 cm³/mol. The van der Waals surface area contributed by atoms with Gasteiger partial charge in [0.25, 0.3) is 0 Å². The number of primary amides is 1. The Hall–Kier alpha value is -2.43. The second-order valence-corrected chi connectivity index (χ2v) is 4.99. The third kappa shape index (κ3) is 3.08. The van der Waals surface area contributed by atoms with Gasteiger partial charge in [-0.25, -0.2) is 9.78 Å². The lowest BCUT2D eigenvalue weighted by molar-refractivity contribution is 0.253. The fraction of sp³-hybridized carbons (Fsp3) is 0.353. The molecule has 1 aliphatic rings. The van der Waals surface area contributed by atoms with Gasteiger partial charge in [0.2, 0.25) is 0 Å². The molecule has 5 heteroatoms. The Balaban J connectivity index is 0.000000847. The zero-order valence-electron chi connectivity index (χ0n) is 13.3. The molecule has 0 saturated carbocycles. The summed E-state index contributed by atoms with van der Waals surface area (Å²) in [5, 5.41) is 0. The second-order valence-electron chi connectivity index (χ2n) is 4.99. The Morgan fingerprint density at radius 2 is 2.09 bits per heavy atom. The van der Waals surface area contributed by atoms with Crippen LogP contribution in [0.1, 0.15) is 31.4 Å². The van der Waals surface area contributed by atoms with E-state index in [1.54, 1.807) is 17.3 Å². The molecule has 2 aromatic rings. The van der Waals surface area contributed by atoms with Crippen molar-refractivity contribution in [2.45, 2.75) is 33.6 Å². The molecule has 0 aromatic carbocycles. The molecular weight excluding hydrogens is 276 g/mol. The van der Waals surface area contributed by atoms with E-state index in [9.17, 15) is 4.79 Å². The average Bonchev–Trinajstić information content (AvgIpc) is 2.56. The van der Waals surface area contributed by atoms with Crippen LogP contribution in [0.3, 0.4) is 0 Å². The van der Waals surface area contributed by atoms with Crippen LogP contribution in [0.25, 0.3) is 11.1 Å². The summed E-state index contributed by atoms with van der Waals surface area (Å²) < 4.78 is 0. The van der Waals surface area contributed by atoms with Crippen LogP contribution < -0.4 is 10.6 Å². The Morgan fingerprint density at radius 1 is 1.32 bits per heavy atom. The number of pyridine rings is 2. The number of nitrogens with zero attached hydrogens (tertiary/aromatic N) is 3. The van der Waals surface area contributed by atoms with E-state index in [2.05, 4.69) is 16.0 Å². The first-order chi connectivity index (χ1) is 10.7. The van der Waals surface area contributed by atoms with Crippen molar-refractivity contribution in [3.05, 3.63) is 41.9 Å². The molecule has 3 heterocycles. The van der Waals surface area contributed by atoms with Gasteiger partial charge in [-0.2, -0.15) is 0 Å². The van der Waals surface area contributed by atoms with Gasteiger partial charge in [-0.1, -0.05) is 13.8 Å². The molecule has 0 radical (unpaired) electrons. The van der Waals surface area contributed by atoms with Crippen LogP contribution in [-0.4, -0.2) is 22.5 Å². The van der Waals surface area contributed by atoms with Crippen molar-refractivity contribution in [1.29, 1.82) is 0 Å². The molecule has 1 aliphatic heterocycles. The van der Waals surface area contributed by atoms with Gasteiger partial charge in [-0.15, -0.1) is 0 Å². The number of fused-ring (bicyclic) bond motifs is 1. The summed E-state index contributed by atoms with van der Waals surface area (Å²) in [6.45, 7) is 6.69. The van der Waals surface area contributed by atoms with Crippen LogP contribution >= 0.6 is 0 Å². The lowest BCUT2D eigenvalue weighted by Crippen LogP contribution is -2.40. The average molecular weight is 298 g/mol. The molecule has 2 N–H and O–H groups in total. The maximum absolute atomic E-state index is 11.4. The fourth-order valence-corrected chi connectivity index (χ4v) is 2.59. The normalized spacial score (nSPS) is 13.0. The number of carbonyl (C=O) groups is 1. The van der Waals surface area contributed by atoms with E-state index in [-0.39, 0.29) is 0 Å². The van der Waals surface area contributed by atoms with E-state index in [1.165, 1.54) is 0 Å². The molecule has 0 bridgehead atoms. The van der Waals surface area contributed by atoms with Crippen LogP contribution in [0.5, 0.6) is 0 Å². The third-order valence-electron chi connectivity index (χ3n) is 3.64. The van der Waals surface area contributed by atoms with Crippen LogP contribution in [0.15, 0.2) is 30.7 Å². The van der Waals surface area contributed by atoms with E-state index in [4.69, 9.17) is 5.73 Å². The monoisotopic (exact) mass is 298 g/mol. The molecular formula is C17H22N4O. The van der Waals surface area contributed by atoms with Gasteiger partial charge in [0.05, 0.1) is 0 Å². The quantitative estimate of drug-likeness (QED) is 0.878. The van der Waals surface area contributed by atoms with Gasteiger partial charge in [0.15, 0.2) is 0 Å². The van der Waals surface area contributed by atoms with Crippen LogP contribution in [0.4, 0.5) is 10.6 Å². The van der Waals surface area contributed by atoms with Gasteiger partial charge in [-0.05, 0) is 43.0 Å². The van der Waals surface area contributed by atoms with Gasteiger partial charge in [0, 0.05) is 36.3 Å². The summed E-state index contributed by atoms with van der Waals surface area (Å²) in [6, 6.07) is 3.62. The highest BCUT2D eigenvalue weighted by Crippen LogP contribution is 2.30. The predicted octanol–water partition coefficient (Wildman–Crippen LogP) is 3.31. The number of hydrogen-bond acceptors (Lipinski definition) is 3. The van der Waals surface area contributed by atoms with Crippen molar-refractivity contribution in [1.82, 2.24) is 9.97 Å². The molecule has 22 heavy (non-hydrogen) atoms. The zero-order valence-corrected chi connectivity index (χ0v) is 13.3. The van der Waals surface area contributed by atoms with Crippen LogP contribution in [0, 0.1) is 6.92 Å². The second kappa shape index (κ2) is 7.02. The SMILES string of the molecule is CC.Cc1ccncc1-c1cnc2c(c1)CCCN2C(N)=O. The summed E-state index contributed by atoms with van der Waals surface area (Å²) >= 11 is 0. The first-order valence-electron chi connectivity index (χ1n) is 7.63. The minimum absolute atomic E-state index is 0.441. The molecule has 2 amide bonds. The highest BCUT2D eigenvalue weighted by atomic mass is 16.2. The fourth-order valence-electron chi connectivity index (χ4n) is 2.59. The maximum Gasteiger partial charge on any atom is 0.320 e. The molecule has 0 unspecified atom stereocenters. The third-order valence-corrected chi connectivity index (χ3v) is 3.64. The maximum atomic E-state index is 11.4. The van der Waals surface area contributed by atoms with Crippen LogP contribution in [0.2, 0.25) is 0 Å². The topological polar surface area (TPSA) is 72.1 Å². The lowest BCUT2D eigenvalue weighted by atomic mass is 9.99. The van der Waals surface area contributed by atoms with Crippen molar-refractivity contribution < 1.29 is 4.79 Å².